The first-order valence-corrected chi connectivity index (χ1v) is 13.3. The minimum absolute atomic E-state index is 0.109. The van der Waals surface area contributed by atoms with E-state index in [1.807, 2.05) is 45.0 Å². The lowest BCUT2D eigenvalue weighted by atomic mass is 9.87. The molecule has 3 aromatic rings. The number of rotatable bonds is 9. The van der Waals surface area contributed by atoms with Crippen LogP contribution in [0.15, 0.2) is 53.5 Å². The van der Waals surface area contributed by atoms with Crippen LogP contribution in [0.1, 0.15) is 43.1 Å². The van der Waals surface area contributed by atoms with Crippen LogP contribution in [0.25, 0.3) is 11.3 Å². The average molecular weight is 549 g/mol. The van der Waals surface area contributed by atoms with Gasteiger partial charge < -0.3 is 25.4 Å². The van der Waals surface area contributed by atoms with Gasteiger partial charge >= 0.3 is 0 Å². The fourth-order valence-electron chi connectivity index (χ4n) is 4.20. The normalized spacial score (nSPS) is 14.4. The Bertz CT molecular complexity index is 1380. The van der Waals surface area contributed by atoms with Crippen molar-refractivity contribution in [3.8, 4) is 11.3 Å². The Morgan fingerprint density at radius 2 is 1.93 bits per heavy atom. The summed E-state index contributed by atoms with van der Waals surface area (Å²) in [4.78, 5) is 43.6. The van der Waals surface area contributed by atoms with Crippen molar-refractivity contribution < 1.29 is 19.4 Å². The number of hydrogen-bond acceptors (Lipinski definition) is 8. The van der Waals surface area contributed by atoms with Crippen LogP contribution in [-0.4, -0.2) is 76.0 Å². The molecule has 1 aliphatic rings. The standard InChI is InChI=1S/C29H36N6O5/c1-29(2,3)24(36)9-10-30-26(37)16-19-5-4-6-20(15-19)22-17-23(27(38)34-33-22)32-25-8-7-21(18-31-25)28(39)35-11-13-40-14-12-35/h4-8,15,17-18,24,36H,9-14,16H2,1-3H3,(H,30,37)(H,34,38)(H,31,32,33). The van der Waals surface area contributed by atoms with E-state index in [1.165, 1.54) is 6.20 Å². The molecule has 1 aromatic carbocycles. The first-order valence-electron chi connectivity index (χ1n) is 13.3. The number of nitrogens with one attached hydrogen (secondary N) is 3. The van der Waals surface area contributed by atoms with E-state index in [0.717, 1.165) is 11.1 Å². The van der Waals surface area contributed by atoms with Crippen molar-refractivity contribution in [2.24, 2.45) is 5.41 Å². The number of amides is 2. The van der Waals surface area contributed by atoms with Gasteiger partial charge in [0.15, 0.2) is 0 Å². The third-order valence-electron chi connectivity index (χ3n) is 6.70. The van der Waals surface area contributed by atoms with E-state index >= 15 is 0 Å². The van der Waals surface area contributed by atoms with Gasteiger partial charge in [0.25, 0.3) is 11.5 Å². The van der Waals surface area contributed by atoms with E-state index in [-0.39, 0.29) is 29.3 Å². The zero-order valence-corrected chi connectivity index (χ0v) is 23.1. The highest BCUT2D eigenvalue weighted by Crippen LogP contribution is 2.22. The Hall–Kier alpha value is -4.09. The van der Waals surface area contributed by atoms with Crippen LogP contribution in [0, 0.1) is 5.41 Å². The third kappa shape index (κ3) is 7.73. The quantitative estimate of drug-likeness (QED) is 0.319. The van der Waals surface area contributed by atoms with E-state index in [0.29, 0.717) is 56.3 Å². The summed E-state index contributed by atoms with van der Waals surface area (Å²) in [6.07, 6.45) is 1.63. The number of carbonyl (C=O) groups is 2. The molecule has 0 radical (unpaired) electrons. The number of anilines is 2. The van der Waals surface area contributed by atoms with E-state index < -0.39 is 11.7 Å². The Labute approximate surface area is 233 Å². The molecular formula is C29H36N6O5. The molecule has 1 aliphatic heterocycles. The number of aromatic amines is 1. The van der Waals surface area contributed by atoms with Gasteiger partial charge in [-0.05, 0) is 41.7 Å². The molecule has 4 N–H and O–H groups in total. The van der Waals surface area contributed by atoms with E-state index in [2.05, 4.69) is 25.8 Å². The molecule has 11 nitrogen and oxygen atoms in total. The van der Waals surface area contributed by atoms with Crippen LogP contribution in [0.4, 0.5) is 11.5 Å². The van der Waals surface area contributed by atoms with Crippen LogP contribution < -0.4 is 16.2 Å². The summed E-state index contributed by atoms with van der Waals surface area (Å²) in [5, 5.41) is 22.7. The number of aromatic nitrogens is 3. The number of pyridine rings is 1. The van der Waals surface area contributed by atoms with Gasteiger partial charge in [-0.1, -0.05) is 39.0 Å². The highest BCUT2D eigenvalue weighted by Gasteiger charge is 2.22. The zero-order valence-electron chi connectivity index (χ0n) is 23.1. The van der Waals surface area contributed by atoms with Gasteiger partial charge in [-0.25, -0.2) is 10.1 Å². The van der Waals surface area contributed by atoms with Crippen LogP contribution in [-0.2, 0) is 16.0 Å². The van der Waals surface area contributed by atoms with Gasteiger partial charge in [-0.3, -0.25) is 14.4 Å². The highest BCUT2D eigenvalue weighted by atomic mass is 16.5. The van der Waals surface area contributed by atoms with Gasteiger partial charge in [0.2, 0.25) is 5.91 Å². The molecule has 4 rings (SSSR count). The van der Waals surface area contributed by atoms with Crippen LogP contribution in [0.2, 0.25) is 0 Å². The highest BCUT2D eigenvalue weighted by molar-refractivity contribution is 5.94. The molecule has 2 amide bonds. The summed E-state index contributed by atoms with van der Waals surface area (Å²) in [6.45, 7) is 8.39. The van der Waals surface area contributed by atoms with Crippen molar-refractivity contribution in [3.63, 3.8) is 0 Å². The van der Waals surface area contributed by atoms with Gasteiger partial charge in [0.1, 0.15) is 11.5 Å². The predicted molar refractivity (Wildman–Crippen MR) is 151 cm³/mol. The average Bonchev–Trinajstić information content (AvgIpc) is 2.94. The predicted octanol–water partition coefficient (Wildman–Crippen LogP) is 2.50. The summed E-state index contributed by atoms with van der Waals surface area (Å²) in [5.41, 5.74) is 2.07. The molecule has 1 fully saturated rings. The van der Waals surface area contributed by atoms with E-state index in [4.69, 9.17) is 4.74 Å². The van der Waals surface area contributed by atoms with Gasteiger partial charge in [-0.15, -0.1) is 0 Å². The van der Waals surface area contributed by atoms with Crippen molar-refractivity contribution in [3.05, 3.63) is 70.1 Å². The topological polar surface area (TPSA) is 150 Å². The summed E-state index contributed by atoms with van der Waals surface area (Å²) < 4.78 is 5.30. The van der Waals surface area contributed by atoms with Gasteiger partial charge in [0, 0.05) is 31.4 Å². The second kappa shape index (κ2) is 12.8. The molecule has 1 unspecified atom stereocenters. The number of ether oxygens (including phenoxy) is 1. The molecule has 1 saturated heterocycles. The number of benzene rings is 1. The van der Waals surface area contributed by atoms with E-state index in [9.17, 15) is 19.5 Å². The summed E-state index contributed by atoms with van der Waals surface area (Å²) in [5.74, 6) is 0.155. The van der Waals surface area contributed by atoms with Crippen molar-refractivity contribution in [2.75, 3.05) is 38.2 Å². The lowest BCUT2D eigenvalue weighted by Gasteiger charge is -2.26. The molecule has 0 aliphatic carbocycles. The molecular weight excluding hydrogens is 512 g/mol. The first-order chi connectivity index (χ1) is 19.1. The maximum absolute atomic E-state index is 12.6. The van der Waals surface area contributed by atoms with Crippen LogP contribution >= 0.6 is 0 Å². The zero-order chi connectivity index (χ0) is 28.7. The van der Waals surface area contributed by atoms with Crippen molar-refractivity contribution in [1.29, 1.82) is 0 Å². The first kappa shape index (κ1) is 28.9. The minimum Gasteiger partial charge on any atom is -0.393 e. The largest absolute Gasteiger partial charge is 0.393 e. The second-order valence-corrected chi connectivity index (χ2v) is 10.9. The molecule has 2 aromatic heterocycles. The number of morpholine rings is 1. The maximum Gasteiger partial charge on any atom is 0.287 e. The molecule has 11 heteroatoms. The van der Waals surface area contributed by atoms with Crippen molar-refractivity contribution in [1.82, 2.24) is 25.4 Å². The number of aliphatic hydroxyl groups excluding tert-OH is 1. The molecule has 212 valence electrons. The molecule has 0 saturated carbocycles. The Balaban J connectivity index is 1.39. The number of H-pyrrole nitrogens is 1. The third-order valence-corrected chi connectivity index (χ3v) is 6.70. The Morgan fingerprint density at radius 1 is 1.15 bits per heavy atom. The number of nitrogens with zero attached hydrogens (tertiary/aromatic N) is 3. The number of carbonyl (C=O) groups excluding carboxylic acids is 2. The SMILES string of the molecule is CC(C)(C)C(O)CCNC(=O)Cc1cccc(-c2cc(Nc3ccc(C(=O)N4CCOCC4)cn3)c(=O)[nH]n2)c1. The van der Waals surface area contributed by atoms with Crippen LogP contribution in [0.5, 0.6) is 0 Å². The Kier molecular flexibility index (Phi) is 9.28. The second-order valence-electron chi connectivity index (χ2n) is 10.9. The molecule has 40 heavy (non-hydrogen) atoms. The van der Waals surface area contributed by atoms with Crippen molar-refractivity contribution >= 4 is 23.3 Å². The minimum atomic E-state index is -0.504. The monoisotopic (exact) mass is 548 g/mol. The van der Waals surface area contributed by atoms with Crippen molar-refractivity contribution in [2.45, 2.75) is 39.7 Å². The molecule has 0 bridgehead atoms. The fraction of sp³-hybridized carbons (Fsp3) is 0.414. The molecule has 1 atom stereocenters. The van der Waals surface area contributed by atoms with Crippen LogP contribution in [0.3, 0.4) is 0 Å². The molecule has 3 heterocycles. The van der Waals surface area contributed by atoms with Gasteiger partial charge in [-0.2, -0.15) is 5.10 Å². The fourth-order valence-corrected chi connectivity index (χ4v) is 4.20. The summed E-state index contributed by atoms with van der Waals surface area (Å²) >= 11 is 0. The lowest BCUT2D eigenvalue weighted by Crippen LogP contribution is -2.40. The molecule has 0 spiro atoms. The van der Waals surface area contributed by atoms with E-state index in [1.54, 1.807) is 23.1 Å². The number of aliphatic hydroxyl groups is 1. The lowest BCUT2D eigenvalue weighted by molar-refractivity contribution is -0.120. The number of hydrogen-bond donors (Lipinski definition) is 4. The maximum atomic E-state index is 12.6. The summed E-state index contributed by atoms with van der Waals surface area (Å²) in [6, 6.07) is 12.3. The van der Waals surface area contributed by atoms with Gasteiger partial charge in [0.05, 0.1) is 37.0 Å². The summed E-state index contributed by atoms with van der Waals surface area (Å²) in [7, 11) is 0. The Morgan fingerprint density at radius 3 is 2.62 bits per heavy atom. The smallest absolute Gasteiger partial charge is 0.287 e.